The summed E-state index contributed by atoms with van der Waals surface area (Å²) in [7, 11) is 0. The van der Waals surface area contributed by atoms with Crippen LogP contribution in [0.4, 0.5) is 0 Å². The van der Waals surface area contributed by atoms with E-state index in [-0.39, 0.29) is 18.6 Å². The first-order valence-corrected chi connectivity index (χ1v) is 9.40. The van der Waals surface area contributed by atoms with Crippen LogP contribution in [0.25, 0.3) is 0 Å². The quantitative estimate of drug-likeness (QED) is 0.518. The van der Waals surface area contributed by atoms with Gasteiger partial charge in [0.15, 0.2) is 0 Å². The molecule has 0 saturated heterocycles. The molecule has 0 aromatic carbocycles. The number of hydrogen-bond donors (Lipinski definition) is 1. The Bertz CT molecular complexity index is 581. The second-order valence-electron chi connectivity index (χ2n) is 7.76. The SMILES string of the molecule is C=CCN(CC=C)[C@H]1CC(C(=O)OCC)=C[C@@H](O)[C@@H]1N(C(C)=O)C(C)(C)C. The average molecular weight is 379 g/mol. The van der Waals surface area contributed by atoms with E-state index >= 15 is 0 Å². The van der Waals surface area contributed by atoms with Crippen LogP contribution in [0.3, 0.4) is 0 Å². The summed E-state index contributed by atoms with van der Waals surface area (Å²) < 4.78 is 5.13. The van der Waals surface area contributed by atoms with Crippen LogP contribution in [0.15, 0.2) is 37.0 Å². The molecule has 6 nitrogen and oxygen atoms in total. The molecule has 0 aromatic heterocycles. The topological polar surface area (TPSA) is 70.1 Å². The molecule has 0 bridgehead atoms. The maximum absolute atomic E-state index is 12.5. The van der Waals surface area contributed by atoms with E-state index in [1.807, 2.05) is 20.8 Å². The Morgan fingerprint density at radius 2 is 1.85 bits per heavy atom. The van der Waals surface area contributed by atoms with Crippen LogP contribution < -0.4 is 0 Å². The number of aliphatic hydroxyl groups is 1. The molecule has 1 aliphatic carbocycles. The Balaban J connectivity index is 3.44. The predicted molar refractivity (Wildman–Crippen MR) is 107 cm³/mol. The van der Waals surface area contributed by atoms with Gasteiger partial charge in [-0.1, -0.05) is 12.2 Å². The third-order valence-corrected chi connectivity index (χ3v) is 4.64. The number of esters is 1. The Morgan fingerprint density at radius 1 is 1.30 bits per heavy atom. The lowest BCUT2D eigenvalue weighted by atomic mass is 9.83. The van der Waals surface area contributed by atoms with E-state index in [2.05, 4.69) is 18.1 Å². The van der Waals surface area contributed by atoms with Gasteiger partial charge < -0.3 is 14.7 Å². The average Bonchev–Trinajstić information content (AvgIpc) is 2.54. The third kappa shape index (κ3) is 5.78. The molecular weight excluding hydrogens is 344 g/mol. The van der Waals surface area contributed by atoms with Crippen molar-refractivity contribution in [3.63, 3.8) is 0 Å². The van der Waals surface area contributed by atoms with Crippen molar-refractivity contribution < 1.29 is 19.4 Å². The van der Waals surface area contributed by atoms with Gasteiger partial charge in [0.2, 0.25) is 5.91 Å². The first-order chi connectivity index (χ1) is 12.6. The van der Waals surface area contributed by atoms with Gasteiger partial charge in [-0.15, -0.1) is 13.2 Å². The largest absolute Gasteiger partial charge is 0.463 e. The molecule has 0 heterocycles. The molecule has 0 aromatic rings. The number of carbonyl (C=O) groups excluding carboxylic acids is 2. The summed E-state index contributed by atoms with van der Waals surface area (Å²) in [5, 5.41) is 10.9. The van der Waals surface area contributed by atoms with Crippen molar-refractivity contribution in [1.29, 1.82) is 0 Å². The van der Waals surface area contributed by atoms with E-state index in [4.69, 9.17) is 4.74 Å². The van der Waals surface area contributed by atoms with Crippen LogP contribution in [0.2, 0.25) is 0 Å². The fraction of sp³-hybridized carbons (Fsp3) is 0.619. The molecule has 0 aliphatic heterocycles. The standard InChI is InChI=1S/C21H34N2O4/c1-8-11-22(12-9-2)17-13-16(20(26)27-10-3)14-18(25)19(17)23(15(4)24)21(5,6)7/h8-9,14,17-19,25H,1-2,10-13H2,3-7H3/t17-,18+,19+/m0/s1. The van der Waals surface area contributed by atoms with Gasteiger partial charge in [-0.2, -0.15) is 0 Å². The van der Waals surface area contributed by atoms with E-state index in [0.29, 0.717) is 25.1 Å². The van der Waals surface area contributed by atoms with E-state index in [1.165, 1.54) is 13.0 Å². The number of ether oxygens (including phenoxy) is 1. The zero-order chi connectivity index (χ0) is 20.8. The molecule has 152 valence electrons. The number of carbonyl (C=O) groups is 2. The minimum absolute atomic E-state index is 0.123. The third-order valence-electron chi connectivity index (χ3n) is 4.64. The fourth-order valence-corrected chi connectivity index (χ4v) is 3.80. The Hall–Kier alpha value is -1.92. The Labute approximate surface area is 163 Å². The highest BCUT2D eigenvalue weighted by molar-refractivity contribution is 5.89. The molecule has 1 N–H and O–H groups in total. The van der Waals surface area contributed by atoms with Gasteiger partial charge in [0.1, 0.15) is 0 Å². The number of rotatable bonds is 8. The minimum atomic E-state index is -0.983. The van der Waals surface area contributed by atoms with Crippen LogP contribution in [-0.2, 0) is 14.3 Å². The molecule has 0 fully saturated rings. The number of nitrogens with zero attached hydrogens (tertiary/aromatic N) is 2. The Morgan fingerprint density at radius 3 is 2.26 bits per heavy atom. The van der Waals surface area contributed by atoms with Crippen LogP contribution >= 0.6 is 0 Å². The van der Waals surface area contributed by atoms with Crippen LogP contribution in [0.5, 0.6) is 0 Å². The van der Waals surface area contributed by atoms with Crippen LogP contribution in [-0.4, -0.2) is 70.2 Å². The highest BCUT2D eigenvalue weighted by Gasteiger charge is 2.45. The lowest BCUT2D eigenvalue weighted by molar-refractivity contribution is -0.144. The van der Waals surface area contributed by atoms with Crippen LogP contribution in [0.1, 0.15) is 41.0 Å². The van der Waals surface area contributed by atoms with Gasteiger partial charge in [0.25, 0.3) is 0 Å². The maximum Gasteiger partial charge on any atom is 0.333 e. The van der Waals surface area contributed by atoms with Crippen molar-refractivity contribution in [2.75, 3.05) is 19.7 Å². The monoisotopic (exact) mass is 378 g/mol. The molecular formula is C21H34N2O4. The number of hydrogen-bond acceptors (Lipinski definition) is 5. The lowest BCUT2D eigenvalue weighted by Gasteiger charge is -2.50. The zero-order valence-electron chi connectivity index (χ0n) is 17.3. The second-order valence-corrected chi connectivity index (χ2v) is 7.76. The smallest absolute Gasteiger partial charge is 0.333 e. The second kappa shape index (κ2) is 9.85. The molecule has 1 aliphatic rings. The molecule has 3 atom stereocenters. The van der Waals surface area contributed by atoms with Crippen LogP contribution in [0, 0.1) is 0 Å². The van der Waals surface area contributed by atoms with Crippen molar-refractivity contribution in [3.8, 4) is 0 Å². The summed E-state index contributed by atoms with van der Waals surface area (Å²) in [6.07, 6.45) is 4.46. The summed E-state index contributed by atoms with van der Waals surface area (Å²) in [4.78, 5) is 28.6. The number of aliphatic hydroxyl groups excluding tert-OH is 1. The van der Waals surface area contributed by atoms with Crippen molar-refractivity contribution in [1.82, 2.24) is 9.80 Å². The molecule has 0 spiro atoms. The van der Waals surface area contributed by atoms with Gasteiger partial charge in [0.05, 0.1) is 18.8 Å². The fourth-order valence-electron chi connectivity index (χ4n) is 3.80. The first kappa shape index (κ1) is 23.1. The van der Waals surface area contributed by atoms with E-state index in [9.17, 15) is 14.7 Å². The minimum Gasteiger partial charge on any atom is -0.463 e. The summed E-state index contributed by atoms with van der Waals surface area (Å²) in [6.45, 7) is 18.0. The summed E-state index contributed by atoms with van der Waals surface area (Å²) >= 11 is 0. The van der Waals surface area contributed by atoms with Crippen molar-refractivity contribution in [2.45, 2.75) is 64.8 Å². The van der Waals surface area contributed by atoms with Crippen molar-refractivity contribution in [2.24, 2.45) is 0 Å². The number of amides is 1. The molecule has 1 amide bonds. The molecule has 0 saturated carbocycles. The van der Waals surface area contributed by atoms with E-state index < -0.39 is 23.7 Å². The highest BCUT2D eigenvalue weighted by Crippen LogP contribution is 2.32. The highest BCUT2D eigenvalue weighted by atomic mass is 16.5. The van der Waals surface area contributed by atoms with Crippen molar-refractivity contribution in [3.05, 3.63) is 37.0 Å². The summed E-state index contributed by atoms with van der Waals surface area (Å²) in [5.74, 6) is -0.552. The van der Waals surface area contributed by atoms with Gasteiger partial charge >= 0.3 is 5.97 Å². The molecule has 0 radical (unpaired) electrons. The van der Waals surface area contributed by atoms with E-state index in [1.54, 1.807) is 24.0 Å². The van der Waals surface area contributed by atoms with E-state index in [0.717, 1.165) is 0 Å². The van der Waals surface area contributed by atoms with Gasteiger partial charge in [-0.3, -0.25) is 9.69 Å². The molecule has 0 unspecified atom stereocenters. The maximum atomic E-state index is 12.5. The first-order valence-electron chi connectivity index (χ1n) is 9.40. The molecule has 6 heteroatoms. The molecule has 1 rings (SSSR count). The Kier molecular flexibility index (Phi) is 8.44. The lowest BCUT2D eigenvalue weighted by Crippen LogP contribution is -2.64. The summed E-state index contributed by atoms with van der Waals surface area (Å²) in [5.41, 5.74) is -0.0555. The van der Waals surface area contributed by atoms with Crippen molar-refractivity contribution >= 4 is 11.9 Å². The van der Waals surface area contributed by atoms with Gasteiger partial charge in [-0.25, -0.2) is 4.79 Å². The van der Waals surface area contributed by atoms with Gasteiger partial charge in [0, 0.05) is 37.2 Å². The predicted octanol–water partition coefficient (Wildman–Crippen LogP) is 2.30. The summed E-state index contributed by atoms with van der Waals surface area (Å²) in [6, 6.07) is -0.774. The normalized spacial score (nSPS) is 22.8. The zero-order valence-corrected chi connectivity index (χ0v) is 17.3. The molecule has 27 heavy (non-hydrogen) atoms. The van der Waals surface area contributed by atoms with Gasteiger partial charge in [-0.05, 0) is 40.2 Å².